The summed E-state index contributed by atoms with van der Waals surface area (Å²) in [5.74, 6) is 0. The maximum Gasteiger partial charge on any atom is 0.673 e. The van der Waals surface area contributed by atoms with Crippen molar-refractivity contribution in [3.8, 4) is 0 Å². The second-order valence-electron chi connectivity index (χ2n) is 4.50. The average Bonchev–Trinajstić information content (AvgIpc) is 2.33. The van der Waals surface area contributed by atoms with E-state index in [4.69, 9.17) is 0 Å². The molecular formula is C14H22BF4-. The molecule has 1 aromatic rings. The van der Waals surface area contributed by atoms with Crippen LogP contribution < -0.4 is 0 Å². The number of aryl methyl sites for hydroxylation is 1. The largest absolute Gasteiger partial charge is 0.673 e. The van der Waals surface area contributed by atoms with Crippen molar-refractivity contribution in [3.05, 3.63) is 35.9 Å². The summed E-state index contributed by atoms with van der Waals surface area (Å²) in [5, 5.41) is 0. The lowest BCUT2D eigenvalue weighted by atomic mass is 10.1. The van der Waals surface area contributed by atoms with Gasteiger partial charge in [-0.15, -0.1) is 0 Å². The summed E-state index contributed by atoms with van der Waals surface area (Å²) in [6.07, 6.45) is 9.60. The van der Waals surface area contributed by atoms with Crippen LogP contribution in [-0.4, -0.2) is 7.25 Å². The van der Waals surface area contributed by atoms with E-state index in [9.17, 15) is 17.3 Å². The van der Waals surface area contributed by atoms with Gasteiger partial charge in [-0.25, -0.2) is 0 Å². The second kappa shape index (κ2) is 10.9. The van der Waals surface area contributed by atoms with Crippen molar-refractivity contribution in [1.29, 1.82) is 0 Å². The number of rotatable bonds is 7. The van der Waals surface area contributed by atoms with Gasteiger partial charge in [-0.05, 0) is 18.4 Å². The predicted molar refractivity (Wildman–Crippen MR) is 73.7 cm³/mol. The zero-order chi connectivity index (χ0) is 14.6. The molecule has 5 heteroatoms. The van der Waals surface area contributed by atoms with Crippen LogP contribution in [0, 0.1) is 0 Å². The van der Waals surface area contributed by atoms with E-state index < -0.39 is 7.25 Å². The van der Waals surface area contributed by atoms with Gasteiger partial charge in [0.15, 0.2) is 0 Å². The molecule has 19 heavy (non-hydrogen) atoms. The van der Waals surface area contributed by atoms with Gasteiger partial charge in [0.1, 0.15) is 0 Å². The van der Waals surface area contributed by atoms with Gasteiger partial charge in [-0.2, -0.15) is 0 Å². The van der Waals surface area contributed by atoms with E-state index in [2.05, 4.69) is 37.3 Å². The summed E-state index contributed by atoms with van der Waals surface area (Å²) in [7, 11) is -6.00. The maximum atomic E-state index is 9.75. The molecule has 0 heterocycles. The lowest BCUT2D eigenvalue weighted by Gasteiger charge is -2.01. The lowest BCUT2D eigenvalue weighted by Crippen LogP contribution is -2.02. The monoisotopic (exact) mass is 277 g/mol. The first-order valence-electron chi connectivity index (χ1n) is 6.84. The third-order valence-electron chi connectivity index (χ3n) is 2.66. The average molecular weight is 277 g/mol. The van der Waals surface area contributed by atoms with Gasteiger partial charge >= 0.3 is 7.25 Å². The van der Waals surface area contributed by atoms with Crippen LogP contribution >= 0.6 is 0 Å². The van der Waals surface area contributed by atoms with Crippen molar-refractivity contribution in [2.24, 2.45) is 0 Å². The van der Waals surface area contributed by atoms with E-state index in [1.165, 1.54) is 50.5 Å². The Bertz CT molecular complexity index is 292. The fraction of sp³-hybridized carbons (Fsp3) is 0.571. The highest BCUT2D eigenvalue weighted by atomic mass is 19.5. The second-order valence-corrected chi connectivity index (χ2v) is 4.50. The molecule has 0 radical (unpaired) electrons. The van der Waals surface area contributed by atoms with Gasteiger partial charge in [0.05, 0.1) is 0 Å². The van der Waals surface area contributed by atoms with Gasteiger partial charge in [-0.3, -0.25) is 0 Å². The maximum absolute atomic E-state index is 9.75. The summed E-state index contributed by atoms with van der Waals surface area (Å²) < 4.78 is 39.0. The molecule has 0 bridgehead atoms. The molecule has 0 amide bonds. The summed E-state index contributed by atoms with van der Waals surface area (Å²) in [5.41, 5.74) is 1.49. The first-order chi connectivity index (χ1) is 8.93. The number of benzene rings is 1. The van der Waals surface area contributed by atoms with Crippen molar-refractivity contribution in [3.63, 3.8) is 0 Å². The van der Waals surface area contributed by atoms with Crippen LogP contribution in [0.1, 0.15) is 51.0 Å². The number of hydrogen-bond donors (Lipinski definition) is 0. The fourth-order valence-corrected chi connectivity index (χ4v) is 1.75. The van der Waals surface area contributed by atoms with E-state index in [0.717, 1.165) is 0 Å². The quantitative estimate of drug-likeness (QED) is 0.331. The molecule has 0 spiro atoms. The highest BCUT2D eigenvalue weighted by molar-refractivity contribution is 6.50. The van der Waals surface area contributed by atoms with Crippen LogP contribution in [-0.2, 0) is 6.42 Å². The minimum absolute atomic E-state index is 1.26. The Balaban J connectivity index is 0.000000555. The first-order valence-corrected chi connectivity index (χ1v) is 6.84. The predicted octanol–water partition coefficient (Wildman–Crippen LogP) is 5.89. The Morgan fingerprint density at radius 2 is 1.26 bits per heavy atom. The summed E-state index contributed by atoms with van der Waals surface area (Å²) in [4.78, 5) is 0. The van der Waals surface area contributed by atoms with Crippen LogP contribution in [0.15, 0.2) is 30.3 Å². The van der Waals surface area contributed by atoms with E-state index in [1.807, 2.05) is 0 Å². The van der Waals surface area contributed by atoms with E-state index in [-0.39, 0.29) is 0 Å². The molecule has 0 aliphatic carbocycles. The fourth-order valence-electron chi connectivity index (χ4n) is 1.75. The summed E-state index contributed by atoms with van der Waals surface area (Å²) >= 11 is 0. The van der Waals surface area contributed by atoms with E-state index in [0.29, 0.717) is 0 Å². The molecule has 0 aliphatic heterocycles. The highest BCUT2D eigenvalue weighted by Crippen LogP contribution is 2.09. The Kier molecular flexibility index (Phi) is 10.3. The molecule has 0 aliphatic rings. The van der Waals surface area contributed by atoms with Crippen molar-refractivity contribution >= 4 is 7.25 Å². The normalized spacial score (nSPS) is 10.8. The molecule has 0 nitrogen and oxygen atoms in total. The molecular weight excluding hydrogens is 255 g/mol. The highest BCUT2D eigenvalue weighted by Gasteiger charge is 2.20. The van der Waals surface area contributed by atoms with Crippen molar-refractivity contribution in [1.82, 2.24) is 0 Å². The Hall–Kier alpha value is -0.995. The van der Waals surface area contributed by atoms with Crippen LogP contribution in [0.4, 0.5) is 17.3 Å². The smallest absolute Gasteiger partial charge is 0.418 e. The molecule has 0 unspecified atom stereocenters. The van der Waals surface area contributed by atoms with Crippen LogP contribution in [0.2, 0.25) is 0 Å². The topological polar surface area (TPSA) is 0 Å². The van der Waals surface area contributed by atoms with Crippen molar-refractivity contribution in [2.45, 2.75) is 51.9 Å². The Morgan fingerprint density at radius 1 is 0.789 bits per heavy atom. The molecule has 0 saturated heterocycles. The molecule has 1 aromatic carbocycles. The van der Waals surface area contributed by atoms with E-state index in [1.54, 1.807) is 0 Å². The number of hydrogen-bond acceptors (Lipinski definition) is 0. The molecule has 0 saturated carbocycles. The SMILES string of the molecule is CCCCCCCCc1ccccc1.F[B-](F)(F)F. The van der Waals surface area contributed by atoms with Gasteiger partial charge < -0.3 is 17.3 Å². The van der Waals surface area contributed by atoms with Crippen LogP contribution in [0.3, 0.4) is 0 Å². The van der Waals surface area contributed by atoms with Crippen LogP contribution in [0.25, 0.3) is 0 Å². The van der Waals surface area contributed by atoms with Crippen molar-refractivity contribution < 1.29 is 17.3 Å². The molecule has 0 aromatic heterocycles. The van der Waals surface area contributed by atoms with Crippen LogP contribution in [0.5, 0.6) is 0 Å². The number of unbranched alkanes of at least 4 members (excludes halogenated alkanes) is 5. The minimum atomic E-state index is -6.00. The van der Waals surface area contributed by atoms with Gasteiger partial charge in [0.25, 0.3) is 0 Å². The summed E-state index contributed by atoms with van der Waals surface area (Å²) in [6, 6.07) is 10.8. The summed E-state index contributed by atoms with van der Waals surface area (Å²) in [6.45, 7) is 2.27. The zero-order valence-electron chi connectivity index (χ0n) is 11.4. The van der Waals surface area contributed by atoms with Gasteiger partial charge in [0.2, 0.25) is 0 Å². The third-order valence-corrected chi connectivity index (χ3v) is 2.66. The molecule has 1 rings (SSSR count). The molecule has 0 N–H and O–H groups in total. The lowest BCUT2D eigenvalue weighted by molar-refractivity contribution is 0.368. The Labute approximate surface area is 113 Å². The van der Waals surface area contributed by atoms with Gasteiger partial charge in [-0.1, -0.05) is 69.4 Å². The minimum Gasteiger partial charge on any atom is -0.418 e. The number of halogens is 4. The molecule has 110 valence electrons. The molecule has 0 atom stereocenters. The molecule has 0 fully saturated rings. The third kappa shape index (κ3) is 17.0. The van der Waals surface area contributed by atoms with E-state index >= 15 is 0 Å². The Morgan fingerprint density at radius 3 is 1.79 bits per heavy atom. The standard InChI is InChI=1S/C14H22.BF4/c1-2-3-4-5-6-8-11-14-12-9-7-10-13-14;2-1(3,4)5/h7,9-10,12-13H,2-6,8,11H2,1H3;/q;-1. The zero-order valence-corrected chi connectivity index (χ0v) is 11.4. The van der Waals surface area contributed by atoms with Crippen molar-refractivity contribution in [2.75, 3.05) is 0 Å². The van der Waals surface area contributed by atoms with Gasteiger partial charge in [0, 0.05) is 0 Å². The first kappa shape index (κ1) is 18.0.